The summed E-state index contributed by atoms with van der Waals surface area (Å²) >= 11 is 0. The summed E-state index contributed by atoms with van der Waals surface area (Å²) in [5.74, 6) is 1.06. The van der Waals surface area contributed by atoms with Gasteiger partial charge in [-0.15, -0.1) is 0 Å². The first-order valence-electron chi connectivity index (χ1n) is 8.87. The van der Waals surface area contributed by atoms with E-state index in [4.69, 9.17) is 9.47 Å². The predicted molar refractivity (Wildman–Crippen MR) is 96.9 cm³/mol. The van der Waals surface area contributed by atoms with Crippen LogP contribution < -0.4 is 14.8 Å². The number of sulfone groups is 1. The van der Waals surface area contributed by atoms with Crippen LogP contribution in [0.1, 0.15) is 39.2 Å². The molecule has 1 aliphatic rings. The minimum Gasteiger partial charge on any atom is -0.494 e. The molecule has 1 aromatic rings. The number of hydrogen-bond donors (Lipinski definition) is 1. The monoisotopic (exact) mass is 409 g/mol. The number of rotatable bonds is 8. The Bertz CT molecular complexity index is 747. The molecule has 1 heterocycles. The Morgan fingerprint density at radius 1 is 1.33 bits per heavy atom. The third kappa shape index (κ3) is 6.57. The molecule has 5 nitrogen and oxygen atoms in total. The molecule has 0 fully saturated rings. The molecule has 0 bridgehead atoms. The van der Waals surface area contributed by atoms with Crippen molar-refractivity contribution in [1.29, 1.82) is 0 Å². The summed E-state index contributed by atoms with van der Waals surface area (Å²) in [7, 11) is -3.16. The van der Waals surface area contributed by atoms with E-state index in [2.05, 4.69) is 5.32 Å². The van der Waals surface area contributed by atoms with Crippen LogP contribution in [0.25, 0.3) is 0 Å². The molecule has 0 amide bonds. The van der Waals surface area contributed by atoms with Crippen LogP contribution in [0, 0.1) is 0 Å². The van der Waals surface area contributed by atoms with Crippen LogP contribution in [0.15, 0.2) is 18.2 Å². The smallest absolute Gasteiger partial charge is 0.389 e. The van der Waals surface area contributed by atoms with Gasteiger partial charge in [-0.05, 0) is 50.5 Å². The number of alkyl halides is 3. The molecule has 1 aliphatic heterocycles. The zero-order valence-corrected chi connectivity index (χ0v) is 16.5. The summed E-state index contributed by atoms with van der Waals surface area (Å²) in [5, 5.41) is 3.05. The van der Waals surface area contributed by atoms with Crippen molar-refractivity contribution in [2.24, 2.45) is 0 Å². The van der Waals surface area contributed by atoms with E-state index in [1.54, 1.807) is 25.1 Å². The molecule has 0 aliphatic carbocycles. The lowest BCUT2D eigenvalue weighted by molar-refractivity contribution is -0.136. The van der Waals surface area contributed by atoms with E-state index in [0.717, 1.165) is 5.56 Å². The summed E-state index contributed by atoms with van der Waals surface area (Å²) in [6, 6.07) is 4.90. The zero-order valence-electron chi connectivity index (χ0n) is 15.7. The van der Waals surface area contributed by atoms with Gasteiger partial charge in [-0.1, -0.05) is 6.92 Å². The molecule has 1 unspecified atom stereocenters. The molecule has 0 radical (unpaired) electrons. The highest BCUT2D eigenvalue weighted by Crippen LogP contribution is 2.35. The maximum Gasteiger partial charge on any atom is 0.389 e. The molecule has 0 spiro atoms. The molecule has 154 valence electrons. The molecule has 27 heavy (non-hydrogen) atoms. The fourth-order valence-corrected chi connectivity index (χ4v) is 3.49. The van der Waals surface area contributed by atoms with Crippen LogP contribution in [0.5, 0.6) is 11.5 Å². The number of hydrogen-bond acceptors (Lipinski definition) is 5. The second kappa shape index (κ2) is 8.26. The number of ether oxygens (including phenoxy) is 2. The molecule has 9 heteroatoms. The van der Waals surface area contributed by atoms with Gasteiger partial charge in [-0.25, -0.2) is 8.42 Å². The van der Waals surface area contributed by atoms with Gasteiger partial charge in [0.1, 0.15) is 17.1 Å². The van der Waals surface area contributed by atoms with Crippen LogP contribution in [-0.4, -0.2) is 44.5 Å². The maximum absolute atomic E-state index is 12.2. The van der Waals surface area contributed by atoms with Crippen molar-refractivity contribution in [1.82, 2.24) is 5.32 Å². The SMILES string of the molecule is CCS(=O)(=O)CNC1Cc2cc(OCCCC(F)(F)F)ccc2OC1(C)C. The van der Waals surface area contributed by atoms with Gasteiger partial charge in [0, 0.05) is 12.2 Å². The third-order valence-electron chi connectivity index (χ3n) is 4.53. The van der Waals surface area contributed by atoms with Crippen molar-refractivity contribution >= 4 is 9.84 Å². The Morgan fingerprint density at radius 3 is 2.67 bits per heavy atom. The van der Waals surface area contributed by atoms with Gasteiger partial charge in [0.05, 0.1) is 18.5 Å². The Morgan fingerprint density at radius 2 is 2.04 bits per heavy atom. The van der Waals surface area contributed by atoms with Crippen molar-refractivity contribution in [2.45, 2.75) is 57.9 Å². The lowest BCUT2D eigenvalue weighted by atomic mass is 9.89. The number of fused-ring (bicyclic) bond motifs is 1. The molecule has 1 aromatic carbocycles. The Kier molecular flexibility index (Phi) is 6.68. The van der Waals surface area contributed by atoms with Gasteiger partial charge in [0.15, 0.2) is 9.84 Å². The molecule has 1 N–H and O–H groups in total. The van der Waals surface area contributed by atoms with Crippen molar-refractivity contribution in [3.8, 4) is 11.5 Å². The number of benzene rings is 1. The van der Waals surface area contributed by atoms with Crippen LogP contribution in [0.3, 0.4) is 0 Å². The highest BCUT2D eigenvalue weighted by atomic mass is 32.2. The average molecular weight is 409 g/mol. The fraction of sp³-hybridized carbons (Fsp3) is 0.667. The first kappa shape index (κ1) is 21.8. The molecule has 0 saturated heterocycles. The summed E-state index contributed by atoms with van der Waals surface area (Å²) in [4.78, 5) is 0. The van der Waals surface area contributed by atoms with E-state index in [1.807, 2.05) is 13.8 Å². The molecular formula is C18H26F3NO4S. The van der Waals surface area contributed by atoms with E-state index in [0.29, 0.717) is 17.9 Å². The Labute approximate surface area is 158 Å². The minimum atomic E-state index is -4.18. The van der Waals surface area contributed by atoms with Gasteiger partial charge < -0.3 is 9.47 Å². The van der Waals surface area contributed by atoms with E-state index < -0.39 is 28.0 Å². The van der Waals surface area contributed by atoms with Crippen LogP contribution in [-0.2, 0) is 16.3 Å². The second-order valence-electron chi connectivity index (χ2n) is 7.18. The quantitative estimate of drug-likeness (QED) is 0.666. The molecule has 2 rings (SSSR count). The highest BCUT2D eigenvalue weighted by molar-refractivity contribution is 7.91. The van der Waals surface area contributed by atoms with Crippen LogP contribution in [0.2, 0.25) is 0 Å². The zero-order chi connectivity index (χ0) is 20.3. The third-order valence-corrected chi connectivity index (χ3v) is 6.02. The van der Waals surface area contributed by atoms with Crippen molar-refractivity contribution < 1.29 is 31.1 Å². The summed E-state index contributed by atoms with van der Waals surface area (Å²) < 4.78 is 71.5. The van der Waals surface area contributed by atoms with E-state index in [1.165, 1.54) is 0 Å². The van der Waals surface area contributed by atoms with Crippen molar-refractivity contribution in [3.63, 3.8) is 0 Å². The first-order valence-corrected chi connectivity index (χ1v) is 10.7. The van der Waals surface area contributed by atoms with E-state index in [-0.39, 0.29) is 30.7 Å². The average Bonchev–Trinajstić information content (AvgIpc) is 2.55. The second-order valence-corrected chi connectivity index (χ2v) is 9.53. The van der Waals surface area contributed by atoms with E-state index >= 15 is 0 Å². The molecule has 1 atom stereocenters. The molecule has 0 saturated carbocycles. The lowest BCUT2D eigenvalue weighted by Crippen LogP contribution is -2.55. The topological polar surface area (TPSA) is 64.6 Å². The molecule has 0 aromatic heterocycles. The van der Waals surface area contributed by atoms with E-state index in [9.17, 15) is 21.6 Å². The number of halogens is 3. The van der Waals surface area contributed by atoms with Crippen molar-refractivity contribution in [3.05, 3.63) is 23.8 Å². The van der Waals surface area contributed by atoms with Gasteiger partial charge in [-0.2, -0.15) is 13.2 Å². The Balaban J connectivity index is 2.02. The predicted octanol–water partition coefficient (Wildman–Crippen LogP) is 3.47. The summed E-state index contributed by atoms with van der Waals surface area (Å²) in [6.45, 7) is 5.33. The minimum absolute atomic E-state index is 0.0267. The Hall–Kier alpha value is -1.48. The van der Waals surface area contributed by atoms with Gasteiger partial charge in [-0.3, -0.25) is 5.32 Å². The highest BCUT2D eigenvalue weighted by Gasteiger charge is 2.37. The standard InChI is InChI=1S/C18H26F3NO4S/c1-4-27(23,24)12-22-16-11-13-10-14(25-9-5-8-18(19,20)21)6-7-15(13)26-17(16,2)3/h6-7,10,16,22H,4-5,8-9,11-12H2,1-3H3. The van der Waals surface area contributed by atoms with Crippen LogP contribution >= 0.6 is 0 Å². The van der Waals surface area contributed by atoms with Gasteiger partial charge in [0.25, 0.3) is 0 Å². The summed E-state index contributed by atoms with van der Waals surface area (Å²) in [6.07, 6.45) is -4.64. The molecular weight excluding hydrogens is 383 g/mol. The van der Waals surface area contributed by atoms with Gasteiger partial charge >= 0.3 is 6.18 Å². The largest absolute Gasteiger partial charge is 0.494 e. The van der Waals surface area contributed by atoms with Crippen LogP contribution in [0.4, 0.5) is 13.2 Å². The lowest BCUT2D eigenvalue weighted by Gasteiger charge is -2.40. The van der Waals surface area contributed by atoms with Crippen molar-refractivity contribution in [2.75, 3.05) is 18.2 Å². The fourth-order valence-electron chi connectivity index (χ4n) is 2.84. The normalized spacial score (nSPS) is 19.3. The first-order chi connectivity index (χ1) is 12.4. The maximum atomic E-state index is 12.2. The number of nitrogens with one attached hydrogen (secondary N) is 1. The van der Waals surface area contributed by atoms with Gasteiger partial charge in [0.2, 0.25) is 0 Å². The summed E-state index contributed by atoms with van der Waals surface area (Å²) in [5.41, 5.74) is 0.222.